The highest BCUT2D eigenvalue weighted by Crippen LogP contribution is 2.32. The lowest BCUT2D eigenvalue weighted by atomic mass is 9.80. The molecule has 0 atom stereocenters. The van der Waals surface area contributed by atoms with E-state index in [0.717, 1.165) is 32.1 Å². The van der Waals surface area contributed by atoms with E-state index in [9.17, 15) is 0 Å². The standard InChI is InChI=1S/C14H31NOS/c1-5-8-14(13-17,9-6-2)12-15(4)10-11-16-7-3/h17H,5-13H2,1-4H3. The predicted molar refractivity (Wildman–Crippen MR) is 80.1 cm³/mol. The molecule has 0 aliphatic rings. The predicted octanol–water partition coefficient (Wildman–Crippen LogP) is 3.47. The van der Waals surface area contributed by atoms with Crippen molar-refractivity contribution in [2.45, 2.75) is 46.5 Å². The van der Waals surface area contributed by atoms with Gasteiger partial charge in [0.1, 0.15) is 0 Å². The molecule has 0 saturated carbocycles. The molecule has 0 unspecified atom stereocenters. The first-order valence-electron chi connectivity index (χ1n) is 7.01. The Kier molecular flexibility index (Phi) is 10.4. The third kappa shape index (κ3) is 7.32. The van der Waals surface area contributed by atoms with Crippen LogP contribution in [0.4, 0.5) is 0 Å². The zero-order valence-electron chi connectivity index (χ0n) is 12.2. The van der Waals surface area contributed by atoms with Gasteiger partial charge >= 0.3 is 0 Å². The average molecular weight is 261 g/mol. The average Bonchev–Trinajstić information content (AvgIpc) is 2.30. The van der Waals surface area contributed by atoms with E-state index >= 15 is 0 Å². The van der Waals surface area contributed by atoms with E-state index in [1.165, 1.54) is 25.7 Å². The summed E-state index contributed by atoms with van der Waals surface area (Å²) < 4.78 is 5.41. The number of hydrogen-bond donors (Lipinski definition) is 1. The van der Waals surface area contributed by atoms with Gasteiger partial charge in [-0.05, 0) is 38.0 Å². The third-order valence-electron chi connectivity index (χ3n) is 3.32. The normalized spacial score (nSPS) is 12.4. The highest BCUT2D eigenvalue weighted by atomic mass is 32.1. The molecule has 0 aromatic rings. The van der Waals surface area contributed by atoms with Crippen molar-refractivity contribution in [3.63, 3.8) is 0 Å². The smallest absolute Gasteiger partial charge is 0.0593 e. The SMILES string of the molecule is CCCC(CS)(CCC)CN(C)CCOCC. The molecule has 0 spiro atoms. The maximum absolute atomic E-state index is 5.41. The monoisotopic (exact) mass is 261 g/mol. The fourth-order valence-corrected chi connectivity index (χ4v) is 2.98. The summed E-state index contributed by atoms with van der Waals surface area (Å²) in [5, 5.41) is 0. The first-order chi connectivity index (χ1) is 8.14. The van der Waals surface area contributed by atoms with Crippen LogP contribution in [-0.4, -0.2) is 44.0 Å². The number of ether oxygens (including phenoxy) is 1. The third-order valence-corrected chi connectivity index (χ3v) is 3.99. The van der Waals surface area contributed by atoms with Crippen LogP contribution in [-0.2, 0) is 4.74 Å². The summed E-state index contributed by atoms with van der Waals surface area (Å²) in [6.45, 7) is 10.4. The van der Waals surface area contributed by atoms with Crippen LogP contribution < -0.4 is 0 Å². The van der Waals surface area contributed by atoms with Crippen LogP contribution >= 0.6 is 12.6 Å². The minimum absolute atomic E-state index is 0.396. The summed E-state index contributed by atoms with van der Waals surface area (Å²) in [5.41, 5.74) is 0.396. The molecule has 2 nitrogen and oxygen atoms in total. The lowest BCUT2D eigenvalue weighted by molar-refractivity contribution is 0.0993. The Labute approximate surface area is 114 Å². The highest BCUT2D eigenvalue weighted by molar-refractivity contribution is 7.80. The Bertz CT molecular complexity index is 170. The zero-order valence-corrected chi connectivity index (χ0v) is 13.1. The van der Waals surface area contributed by atoms with Gasteiger partial charge in [0, 0.05) is 19.7 Å². The number of rotatable bonds is 11. The van der Waals surface area contributed by atoms with Gasteiger partial charge in [-0.25, -0.2) is 0 Å². The molecule has 0 saturated heterocycles. The van der Waals surface area contributed by atoms with Gasteiger partial charge in [0.25, 0.3) is 0 Å². The van der Waals surface area contributed by atoms with Gasteiger partial charge in [-0.3, -0.25) is 0 Å². The molecule has 0 N–H and O–H groups in total. The Morgan fingerprint density at radius 3 is 2.12 bits per heavy atom. The topological polar surface area (TPSA) is 12.5 Å². The Morgan fingerprint density at radius 1 is 1.12 bits per heavy atom. The summed E-state index contributed by atoms with van der Waals surface area (Å²) in [6, 6.07) is 0. The van der Waals surface area contributed by atoms with Gasteiger partial charge in [-0.1, -0.05) is 26.7 Å². The molecular weight excluding hydrogens is 230 g/mol. The van der Waals surface area contributed by atoms with Crippen molar-refractivity contribution in [3.05, 3.63) is 0 Å². The first kappa shape index (κ1) is 17.3. The van der Waals surface area contributed by atoms with Crippen molar-refractivity contribution in [3.8, 4) is 0 Å². The fraction of sp³-hybridized carbons (Fsp3) is 1.00. The molecule has 0 aliphatic carbocycles. The summed E-state index contributed by atoms with van der Waals surface area (Å²) in [7, 11) is 2.20. The van der Waals surface area contributed by atoms with Gasteiger partial charge in [-0.2, -0.15) is 12.6 Å². The fourth-order valence-electron chi connectivity index (χ4n) is 2.57. The molecule has 3 heteroatoms. The summed E-state index contributed by atoms with van der Waals surface area (Å²) in [6.07, 6.45) is 5.06. The van der Waals surface area contributed by atoms with Crippen LogP contribution in [0.15, 0.2) is 0 Å². The van der Waals surface area contributed by atoms with Crippen LogP contribution in [0.25, 0.3) is 0 Å². The van der Waals surface area contributed by atoms with Crippen LogP contribution in [0, 0.1) is 5.41 Å². The summed E-state index contributed by atoms with van der Waals surface area (Å²) in [5.74, 6) is 0.994. The molecule has 17 heavy (non-hydrogen) atoms. The Balaban J connectivity index is 4.19. The summed E-state index contributed by atoms with van der Waals surface area (Å²) >= 11 is 4.60. The van der Waals surface area contributed by atoms with E-state index in [2.05, 4.69) is 38.4 Å². The second-order valence-electron chi connectivity index (χ2n) is 5.09. The van der Waals surface area contributed by atoms with Gasteiger partial charge < -0.3 is 9.64 Å². The van der Waals surface area contributed by atoms with Crippen LogP contribution in [0.5, 0.6) is 0 Å². The number of likely N-dealkylation sites (N-methyl/N-ethyl adjacent to an activating group) is 1. The number of nitrogens with zero attached hydrogens (tertiary/aromatic N) is 1. The van der Waals surface area contributed by atoms with E-state index in [0.29, 0.717) is 5.41 Å². The molecule has 0 rings (SSSR count). The Hall–Kier alpha value is 0.270. The summed E-state index contributed by atoms with van der Waals surface area (Å²) in [4.78, 5) is 2.40. The minimum Gasteiger partial charge on any atom is -0.380 e. The second-order valence-corrected chi connectivity index (χ2v) is 5.41. The zero-order chi connectivity index (χ0) is 13.1. The van der Waals surface area contributed by atoms with Crippen LogP contribution in [0.1, 0.15) is 46.5 Å². The highest BCUT2D eigenvalue weighted by Gasteiger charge is 2.28. The van der Waals surface area contributed by atoms with E-state index in [-0.39, 0.29) is 0 Å². The molecule has 0 aromatic carbocycles. The van der Waals surface area contributed by atoms with Gasteiger partial charge in [0.05, 0.1) is 6.61 Å². The first-order valence-corrected chi connectivity index (χ1v) is 7.64. The Morgan fingerprint density at radius 2 is 1.71 bits per heavy atom. The van der Waals surface area contributed by atoms with E-state index in [4.69, 9.17) is 4.74 Å². The molecule has 104 valence electrons. The molecule has 0 aliphatic heterocycles. The lowest BCUT2D eigenvalue weighted by Gasteiger charge is -2.36. The van der Waals surface area contributed by atoms with Crippen LogP contribution in [0.3, 0.4) is 0 Å². The van der Waals surface area contributed by atoms with E-state index in [1.54, 1.807) is 0 Å². The van der Waals surface area contributed by atoms with Gasteiger partial charge in [-0.15, -0.1) is 0 Å². The van der Waals surface area contributed by atoms with Crippen LogP contribution in [0.2, 0.25) is 0 Å². The molecule has 0 heterocycles. The molecule has 0 bridgehead atoms. The van der Waals surface area contributed by atoms with Crippen molar-refractivity contribution < 1.29 is 4.74 Å². The maximum Gasteiger partial charge on any atom is 0.0593 e. The van der Waals surface area contributed by atoms with Crippen molar-refractivity contribution in [2.24, 2.45) is 5.41 Å². The molecule has 0 radical (unpaired) electrons. The van der Waals surface area contributed by atoms with E-state index < -0.39 is 0 Å². The van der Waals surface area contributed by atoms with Crippen molar-refractivity contribution in [1.82, 2.24) is 4.90 Å². The molecule has 0 amide bonds. The van der Waals surface area contributed by atoms with Crippen molar-refractivity contribution in [2.75, 3.05) is 39.1 Å². The largest absolute Gasteiger partial charge is 0.380 e. The maximum atomic E-state index is 5.41. The van der Waals surface area contributed by atoms with Crippen molar-refractivity contribution >= 4 is 12.6 Å². The second kappa shape index (κ2) is 10.2. The van der Waals surface area contributed by atoms with E-state index in [1.807, 2.05) is 6.92 Å². The van der Waals surface area contributed by atoms with Gasteiger partial charge in [0.15, 0.2) is 0 Å². The van der Waals surface area contributed by atoms with Crippen molar-refractivity contribution in [1.29, 1.82) is 0 Å². The lowest BCUT2D eigenvalue weighted by Crippen LogP contribution is -2.38. The quantitative estimate of drug-likeness (QED) is 0.452. The molecule has 0 fully saturated rings. The number of hydrogen-bond acceptors (Lipinski definition) is 3. The van der Waals surface area contributed by atoms with Gasteiger partial charge in [0.2, 0.25) is 0 Å². The minimum atomic E-state index is 0.396. The molecule has 0 aromatic heterocycles. The number of thiol groups is 1. The molecular formula is C14H31NOS.